The lowest BCUT2D eigenvalue weighted by Crippen LogP contribution is -2.16. The fraction of sp³-hybridized carbons (Fsp3) is 0.455. The molecular weight excluding hydrogens is 217 g/mol. The molecule has 0 saturated heterocycles. The lowest BCUT2D eigenvalue weighted by molar-refractivity contribution is 0.276. The second kappa shape index (κ2) is 4.92. The van der Waals surface area contributed by atoms with Crippen LogP contribution in [0.2, 0.25) is 5.02 Å². The first-order valence-corrected chi connectivity index (χ1v) is 5.18. The van der Waals surface area contributed by atoms with E-state index in [1.165, 1.54) is 6.07 Å². The third kappa shape index (κ3) is 2.48. The van der Waals surface area contributed by atoms with Crippen molar-refractivity contribution in [2.75, 3.05) is 6.61 Å². The number of halogens is 2. The summed E-state index contributed by atoms with van der Waals surface area (Å²) < 4.78 is 13.4. The minimum Gasteiger partial charge on any atom is -0.396 e. The predicted molar refractivity (Wildman–Crippen MR) is 59.5 cm³/mol. The van der Waals surface area contributed by atoms with Crippen LogP contribution in [0.5, 0.6) is 0 Å². The molecule has 3 N–H and O–H groups in total. The van der Waals surface area contributed by atoms with Gasteiger partial charge in [0.2, 0.25) is 0 Å². The third-order valence-electron chi connectivity index (χ3n) is 2.59. The molecule has 84 valence electrons. The van der Waals surface area contributed by atoms with Gasteiger partial charge in [0, 0.05) is 17.7 Å². The van der Waals surface area contributed by atoms with Crippen LogP contribution in [0.3, 0.4) is 0 Å². The van der Waals surface area contributed by atoms with Crippen molar-refractivity contribution in [3.63, 3.8) is 0 Å². The number of aliphatic hydroxyl groups excluding tert-OH is 1. The molecule has 0 fully saturated rings. The van der Waals surface area contributed by atoms with Crippen LogP contribution >= 0.6 is 11.6 Å². The van der Waals surface area contributed by atoms with E-state index < -0.39 is 0 Å². The van der Waals surface area contributed by atoms with Gasteiger partial charge >= 0.3 is 0 Å². The van der Waals surface area contributed by atoms with Crippen molar-refractivity contribution < 1.29 is 9.50 Å². The molecule has 15 heavy (non-hydrogen) atoms. The van der Waals surface area contributed by atoms with Crippen molar-refractivity contribution in [2.45, 2.75) is 26.3 Å². The van der Waals surface area contributed by atoms with E-state index >= 15 is 0 Å². The van der Waals surface area contributed by atoms with Crippen LogP contribution in [-0.4, -0.2) is 11.7 Å². The first-order chi connectivity index (χ1) is 6.99. The zero-order valence-corrected chi connectivity index (χ0v) is 9.61. The number of hydrogen-bond donors (Lipinski definition) is 2. The summed E-state index contributed by atoms with van der Waals surface area (Å²) in [5, 5.41) is 9.19. The van der Waals surface area contributed by atoms with E-state index in [9.17, 15) is 4.39 Å². The van der Waals surface area contributed by atoms with E-state index in [4.69, 9.17) is 22.4 Å². The second-order valence-electron chi connectivity index (χ2n) is 3.62. The largest absolute Gasteiger partial charge is 0.396 e. The smallest absolute Gasteiger partial charge is 0.127 e. The van der Waals surface area contributed by atoms with Crippen molar-refractivity contribution in [3.8, 4) is 0 Å². The van der Waals surface area contributed by atoms with Gasteiger partial charge in [-0.25, -0.2) is 4.39 Å². The highest BCUT2D eigenvalue weighted by Crippen LogP contribution is 2.29. The number of benzene rings is 1. The molecule has 0 saturated carbocycles. The summed E-state index contributed by atoms with van der Waals surface area (Å²) in [6, 6.07) is 0.921. The first kappa shape index (κ1) is 12.4. The molecule has 0 aliphatic carbocycles. The molecule has 0 bridgehead atoms. The van der Waals surface area contributed by atoms with Crippen molar-refractivity contribution >= 4 is 11.6 Å². The Kier molecular flexibility index (Phi) is 4.08. The topological polar surface area (TPSA) is 46.2 Å². The quantitative estimate of drug-likeness (QED) is 0.840. The van der Waals surface area contributed by atoms with Crippen LogP contribution in [-0.2, 0) is 0 Å². The number of nitrogens with two attached hydrogens (primary N) is 1. The minimum absolute atomic E-state index is 0.0197. The van der Waals surface area contributed by atoms with Crippen LogP contribution in [0.25, 0.3) is 0 Å². The van der Waals surface area contributed by atoms with Gasteiger partial charge in [0.1, 0.15) is 5.82 Å². The van der Waals surface area contributed by atoms with E-state index in [0.29, 0.717) is 22.6 Å². The van der Waals surface area contributed by atoms with Gasteiger partial charge in [0.15, 0.2) is 0 Å². The fourth-order valence-electron chi connectivity index (χ4n) is 1.71. The molecule has 4 heteroatoms. The summed E-state index contributed by atoms with van der Waals surface area (Å²) in [4.78, 5) is 0. The maximum atomic E-state index is 13.4. The molecule has 0 amide bonds. The third-order valence-corrected chi connectivity index (χ3v) is 2.98. The molecule has 1 aromatic rings. The van der Waals surface area contributed by atoms with Crippen molar-refractivity contribution in [1.29, 1.82) is 0 Å². The van der Waals surface area contributed by atoms with E-state index in [-0.39, 0.29) is 18.5 Å². The van der Waals surface area contributed by atoms with Crippen molar-refractivity contribution in [2.24, 2.45) is 5.73 Å². The van der Waals surface area contributed by atoms with Gasteiger partial charge in [-0.2, -0.15) is 0 Å². The Balaban J connectivity index is 3.26. The maximum absolute atomic E-state index is 13.4. The molecule has 0 aliphatic heterocycles. The number of aliphatic hydroxyl groups is 1. The Morgan fingerprint density at radius 2 is 2.07 bits per heavy atom. The highest BCUT2D eigenvalue weighted by Gasteiger charge is 2.16. The lowest BCUT2D eigenvalue weighted by atomic mass is 9.94. The first-order valence-electron chi connectivity index (χ1n) is 4.80. The average Bonchev–Trinajstić information content (AvgIpc) is 2.16. The Morgan fingerprint density at radius 1 is 1.47 bits per heavy atom. The minimum atomic E-state index is -0.372. The number of hydrogen-bond acceptors (Lipinski definition) is 2. The van der Waals surface area contributed by atoms with Gasteiger partial charge in [-0.1, -0.05) is 11.6 Å². The van der Waals surface area contributed by atoms with E-state index in [0.717, 1.165) is 5.56 Å². The molecular formula is C11H15ClFNO. The Labute approximate surface area is 93.9 Å². The highest BCUT2D eigenvalue weighted by molar-refractivity contribution is 6.31. The van der Waals surface area contributed by atoms with Crippen molar-refractivity contribution in [1.82, 2.24) is 0 Å². The van der Waals surface area contributed by atoms with E-state index in [1.807, 2.05) is 0 Å². The molecule has 0 heterocycles. The maximum Gasteiger partial charge on any atom is 0.127 e. The van der Waals surface area contributed by atoms with Gasteiger partial charge in [0.05, 0.1) is 0 Å². The summed E-state index contributed by atoms with van der Waals surface area (Å²) in [7, 11) is 0. The van der Waals surface area contributed by atoms with Gasteiger partial charge in [-0.3, -0.25) is 0 Å². The molecule has 1 rings (SSSR count). The molecule has 0 aliphatic rings. The predicted octanol–water partition coefficient (Wildman–Crippen LogP) is 2.48. The average molecular weight is 232 g/mol. The molecule has 1 aromatic carbocycles. The zero-order chi connectivity index (χ0) is 11.6. The molecule has 0 aromatic heterocycles. The molecule has 1 unspecified atom stereocenters. The molecule has 0 spiro atoms. The van der Waals surface area contributed by atoms with Crippen LogP contribution < -0.4 is 5.73 Å². The Morgan fingerprint density at radius 3 is 2.60 bits per heavy atom. The van der Waals surface area contributed by atoms with Crippen LogP contribution in [0, 0.1) is 19.7 Å². The summed E-state index contributed by atoms with van der Waals surface area (Å²) in [6.07, 6.45) is 0.404. The second-order valence-corrected chi connectivity index (χ2v) is 4.03. The van der Waals surface area contributed by atoms with Gasteiger partial charge in [-0.15, -0.1) is 0 Å². The monoisotopic (exact) mass is 231 g/mol. The SMILES string of the molecule is Cc1c(F)cc(Cl)c(C)c1C(N)CCO. The zero-order valence-electron chi connectivity index (χ0n) is 8.85. The van der Waals surface area contributed by atoms with Crippen LogP contribution in [0.15, 0.2) is 6.07 Å². The summed E-state index contributed by atoms with van der Waals surface area (Å²) in [5.74, 6) is -0.353. The van der Waals surface area contributed by atoms with E-state index in [1.54, 1.807) is 13.8 Å². The molecule has 1 atom stereocenters. The van der Waals surface area contributed by atoms with Crippen molar-refractivity contribution in [3.05, 3.63) is 33.6 Å². The Bertz CT molecular complexity index is 342. The van der Waals surface area contributed by atoms with Gasteiger partial charge < -0.3 is 10.8 Å². The van der Waals surface area contributed by atoms with Crippen LogP contribution in [0.1, 0.15) is 29.2 Å². The molecule has 2 nitrogen and oxygen atoms in total. The van der Waals surface area contributed by atoms with E-state index in [2.05, 4.69) is 0 Å². The summed E-state index contributed by atoms with van der Waals surface area (Å²) in [6.45, 7) is 3.46. The number of rotatable bonds is 3. The highest BCUT2D eigenvalue weighted by atomic mass is 35.5. The fourth-order valence-corrected chi connectivity index (χ4v) is 1.90. The van der Waals surface area contributed by atoms with Crippen LogP contribution in [0.4, 0.5) is 4.39 Å². The summed E-state index contributed by atoms with van der Waals surface area (Å²) >= 11 is 5.88. The normalized spacial score (nSPS) is 12.9. The summed E-state index contributed by atoms with van der Waals surface area (Å²) in [5.41, 5.74) is 7.86. The molecule has 0 radical (unpaired) electrons. The lowest BCUT2D eigenvalue weighted by Gasteiger charge is -2.18. The van der Waals surface area contributed by atoms with Gasteiger partial charge in [-0.05, 0) is 43.0 Å². The van der Waals surface area contributed by atoms with Gasteiger partial charge in [0.25, 0.3) is 0 Å². The standard InChI is InChI=1S/C11H15ClFNO/c1-6-8(12)5-9(13)7(2)11(6)10(14)3-4-15/h5,10,15H,3-4,14H2,1-2H3. The Hall–Kier alpha value is -0.640.